The van der Waals surface area contributed by atoms with E-state index in [2.05, 4.69) is 4.98 Å². The van der Waals surface area contributed by atoms with E-state index in [1.165, 1.54) is 6.07 Å². The van der Waals surface area contributed by atoms with E-state index in [1.807, 2.05) is 6.92 Å². The predicted octanol–water partition coefficient (Wildman–Crippen LogP) is 3.30. The largest absolute Gasteiger partial charge is 0.440 e. The number of hydrogen-bond donors (Lipinski definition) is 1. The SMILES string of the molecule is CC(N)C(C)c1nc2cc(C(F)(F)F)ccc2o1. The zero-order chi connectivity index (χ0) is 13.5. The minimum Gasteiger partial charge on any atom is -0.440 e. The number of oxazole rings is 1. The predicted molar refractivity (Wildman–Crippen MR) is 61.1 cm³/mol. The summed E-state index contributed by atoms with van der Waals surface area (Å²) in [7, 11) is 0. The van der Waals surface area contributed by atoms with Gasteiger partial charge in [-0.05, 0) is 25.1 Å². The van der Waals surface area contributed by atoms with E-state index in [0.29, 0.717) is 11.5 Å². The van der Waals surface area contributed by atoms with Crippen molar-refractivity contribution in [3.63, 3.8) is 0 Å². The van der Waals surface area contributed by atoms with Gasteiger partial charge in [0.2, 0.25) is 0 Å². The summed E-state index contributed by atoms with van der Waals surface area (Å²) in [4.78, 5) is 4.06. The van der Waals surface area contributed by atoms with Gasteiger partial charge in [-0.25, -0.2) is 4.98 Å². The van der Waals surface area contributed by atoms with Crippen LogP contribution in [0.3, 0.4) is 0 Å². The van der Waals surface area contributed by atoms with Gasteiger partial charge in [-0.3, -0.25) is 0 Å². The third-order valence-corrected chi connectivity index (χ3v) is 2.91. The van der Waals surface area contributed by atoms with Crippen molar-refractivity contribution < 1.29 is 17.6 Å². The number of benzene rings is 1. The zero-order valence-electron chi connectivity index (χ0n) is 9.95. The molecule has 0 fully saturated rings. The third-order valence-electron chi connectivity index (χ3n) is 2.91. The van der Waals surface area contributed by atoms with Gasteiger partial charge < -0.3 is 10.2 Å². The van der Waals surface area contributed by atoms with Gasteiger partial charge in [0, 0.05) is 12.0 Å². The van der Waals surface area contributed by atoms with Crippen LogP contribution < -0.4 is 5.73 Å². The van der Waals surface area contributed by atoms with Gasteiger partial charge in [0.15, 0.2) is 11.5 Å². The smallest absolute Gasteiger partial charge is 0.416 e. The molecule has 0 aliphatic carbocycles. The second-order valence-corrected chi connectivity index (χ2v) is 4.38. The molecule has 2 rings (SSSR count). The normalized spacial score (nSPS) is 15.9. The van der Waals surface area contributed by atoms with Gasteiger partial charge >= 0.3 is 6.18 Å². The lowest BCUT2D eigenvalue weighted by Gasteiger charge is -2.10. The Kier molecular flexibility index (Phi) is 3.06. The van der Waals surface area contributed by atoms with Gasteiger partial charge in [0.1, 0.15) is 5.52 Å². The molecule has 98 valence electrons. The van der Waals surface area contributed by atoms with Crippen LogP contribution in [0.2, 0.25) is 0 Å². The van der Waals surface area contributed by atoms with Gasteiger partial charge in [-0.15, -0.1) is 0 Å². The molecule has 0 radical (unpaired) electrons. The topological polar surface area (TPSA) is 52.0 Å². The van der Waals surface area contributed by atoms with Crippen molar-refractivity contribution in [3.8, 4) is 0 Å². The molecule has 18 heavy (non-hydrogen) atoms. The Morgan fingerprint density at radius 1 is 1.28 bits per heavy atom. The molecule has 1 heterocycles. The molecule has 2 atom stereocenters. The second-order valence-electron chi connectivity index (χ2n) is 4.38. The Balaban J connectivity index is 2.46. The van der Waals surface area contributed by atoms with Crippen LogP contribution in [0.15, 0.2) is 22.6 Å². The molecular weight excluding hydrogens is 245 g/mol. The third kappa shape index (κ3) is 2.33. The van der Waals surface area contributed by atoms with Crippen LogP contribution in [-0.4, -0.2) is 11.0 Å². The van der Waals surface area contributed by atoms with Gasteiger partial charge in [0.05, 0.1) is 5.56 Å². The lowest BCUT2D eigenvalue weighted by molar-refractivity contribution is -0.137. The maximum Gasteiger partial charge on any atom is 0.416 e. The number of fused-ring (bicyclic) bond motifs is 1. The molecule has 2 aromatic rings. The molecule has 0 aliphatic rings. The average molecular weight is 258 g/mol. The van der Waals surface area contributed by atoms with E-state index in [4.69, 9.17) is 10.2 Å². The number of hydrogen-bond acceptors (Lipinski definition) is 3. The maximum atomic E-state index is 12.5. The Bertz CT molecular complexity index is 560. The highest BCUT2D eigenvalue weighted by molar-refractivity contribution is 5.73. The van der Waals surface area contributed by atoms with Gasteiger partial charge in [-0.1, -0.05) is 6.92 Å². The Labute approximate surface area is 102 Å². The second kappa shape index (κ2) is 4.28. The molecule has 6 heteroatoms. The first-order chi connectivity index (χ1) is 8.29. The summed E-state index contributed by atoms with van der Waals surface area (Å²) in [6, 6.07) is 3.06. The highest BCUT2D eigenvalue weighted by Crippen LogP contribution is 2.32. The van der Waals surface area contributed by atoms with Gasteiger partial charge in [-0.2, -0.15) is 13.2 Å². The summed E-state index contributed by atoms with van der Waals surface area (Å²) in [5, 5.41) is 0. The lowest BCUT2D eigenvalue weighted by Crippen LogP contribution is -2.22. The summed E-state index contributed by atoms with van der Waals surface area (Å²) in [5.41, 5.74) is 5.52. The van der Waals surface area contributed by atoms with E-state index in [1.54, 1.807) is 6.92 Å². The average Bonchev–Trinajstić information content (AvgIpc) is 2.68. The number of rotatable bonds is 2. The summed E-state index contributed by atoms with van der Waals surface area (Å²) in [6.07, 6.45) is -4.37. The molecule has 2 unspecified atom stereocenters. The first-order valence-corrected chi connectivity index (χ1v) is 5.52. The maximum absolute atomic E-state index is 12.5. The number of aromatic nitrogens is 1. The van der Waals surface area contributed by atoms with Crippen molar-refractivity contribution in [1.29, 1.82) is 0 Å². The fraction of sp³-hybridized carbons (Fsp3) is 0.417. The molecule has 0 saturated carbocycles. The highest BCUT2D eigenvalue weighted by Gasteiger charge is 2.31. The van der Waals surface area contributed by atoms with Crippen LogP contribution in [-0.2, 0) is 6.18 Å². The molecule has 2 N–H and O–H groups in total. The molecule has 0 saturated heterocycles. The van der Waals surface area contributed by atoms with Gasteiger partial charge in [0.25, 0.3) is 0 Å². The zero-order valence-corrected chi connectivity index (χ0v) is 9.95. The molecule has 1 aromatic heterocycles. The van der Waals surface area contributed by atoms with Crippen LogP contribution in [0.5, 0.6) is 0 Å². The molecule has 0 bridgehead atoms. The molecule has 0 amide bonds. The number of nitrogens with zero attached hydrogens (tertiary/aromatic N) is 1. The van der Waals surface area contributed by atoms with E-state index in [0.717, 1.165) is 12.1 Å². The van der Waals surface area contributed by atoms with Crippen LogP contribution in [0.25, 0.3) is 11.1 Å². The van der Waals surface area contributed by atoms with E-state index >= 15 is 0 Å². The minimum absolute atomic E-state index is 0.147. The van der Waals surface area contributed by atoms with Crippen molar-refractivity contribution >= 4 is 11.1 Å². The van der Waals surface area contributed by atoms with E-state index < -0.39 is 11.7 Å². The summed E-state index contributed by atoms with van der Waals surface area (Å²) < 4.78 is 43.0. The minimum atomic E-state index is -4.37. The van der Waals surface area contributed by atoms with Crippen molar-refractivity contribution in [2.24, 2.45) is 5.73 Å². The molecular formula is C12H13F3N2O. The van der Waals surface area contributed by atoms with Crippen LogP contribution in [0, 0.1) is 0 Å². The first kappa shape index (κ1) is 12.9. The molecule has 1 aromatic carbocycles. The summed E-state index contributed by atoms with van der Waals surface area (Å²) in [5.74, 6) is 0.214. The number of nitrogens with two attached hydrogens (primary N) is 1. The molecule has 3 nitrogen and oxygen atoms in total. The summed E-state index contributed by atoms with van der Waals surface area (Å²) >= 11 is 0. The number of alkyl halides is 3. The Morgan fingerprint density at radius 3 is 2.50 bits per heavy atom. The van der Waals surface area contributed by atoms with E-state index in [9.17, 15) is 13.2 Å². The quantitative estimate of drug-likeness (QED) is 0.899. The molecule has 0 spiro atoms. The Hall–Kier alpha value is -1.56. The van der Waals surface area contributed by atoms with E-state index in [-0.39, 0.29) is 17.5 Å². The van der Waals surface area contributed by atoms with Crippen molar-refractivity contribution in [2.45, 2.75) is 32.0 Å². The number of halogens is 3. The van der Waals surface area contributed by atoms with Crippen molar-refractivity contribution in [2.75, 3.05) is 0 Å². The monoisotopic (exact) mass is 258 g/mol. The van der Waals surface area contributed by atoms with Crippen LogP contribution in [0.4, 0.5) is 13.2 Å². The van der Waals surface area contributed by atoms with Crippen LogP contribution in [0.1, 0.15) is 31.2 Å². The standard InChI is InChI=1S/C12H13F3N2O/c1-6(7(2)16)11-17-9-5-8(12(13,14)15)3-4-10(9)18-11/h3-7H,16H2,1-2H3. The van der Waals surface area contributed by atoms with Crippen molar-refractivity contribution in [3.05, 3.63) is 29.7 Å². The first-order valence-electron chi connectivity index (χ1n) is 5.52. The van der Waals surface area contributed by atoms with Crippen LogP contribution >= 0.6 is 0 Å². The Morgan fingerprint density at radius 2 is 1.94 bits per heavy atom. The fourth-order valence-electron chi connectivity index (χ4n) is 1.54. The summed E-state index contributed by atoms with van der Waals surface area (Å²) in [6.45, 7) is 3.61. The van der Waals surface area contributed by atoms with Crippen molar-refractivity contribution in [1.82, 2.24) is 4.98 Å². The highest BCUT2D eigenvalue weighted by atomic mass is 19.4. The lowest BCUT2D eigenvalue weighted by atomic mass is 10.1. The fourth-order valence-corrected chi connectivity index (χ4v) is 1.54. The molecule has 0 aliphatic heterocycles.